The van der Waals surface area contributed by atoms with Gasteiger partial charge in [0.2, 0.25) is 5.91 Å². The van der Waals surface area contributed by atoms with Crippen molar-refractivity contribution >= 4 is 27.5 Å². The molecule has 1 atom stereocenters. The SMILES string of the molecule is Cc1sc2ncn(CCC(=O)N(C)CCC(C)O)c(=O)c2c1C. The molecular formula is C16H23N3O3S. The molecule has 0 bridgehead atoms. The highest BCUT2D eigenvalue weighted by Crippen LogP contribution is 2.25. The van der Waals surface area contributed by atoms with E-state index < -0.39 is 6.10 Å². The van der Waals surface area contributed by atoms with Gasteiger partial charge in [0.25, 0.3) is 5.56 Å². The van der Waals surface area contributed by atoms with Gasteiger partial charge in [0.1, 0.15) is 4.83 Å². The summed E-state index contributed by atoms with van der Waals surface area (Å²) in [6, 6.07) is 0. The summed E-state index contributed by atoms with van der Waals surface area (Å²) in [5.41, 5.74) is 0.883. The fraction of sp³-hybridized carbons (Fsp3) is 0.562. The van der Waals surface area contributed by atoms with Gasteiger partial charge in [-0.1, -0.05) is 0 Å². The van der Waals surface area contributed by atoms with Crippen molar-refractivity contribution in [2.24, 2.45) is 0 Å². The summed E-state index contributed by atoms with van der Waals surface area (Å²) in [4.78, 5) is 32.4. The van der Waals surface area contributed by atoms with E-state index >= 15 is 0 Å². The Kier molecular flexibility index (Phi) is 5.54. The lowest BCUT2D eigenvalue weighted by molar-refractivity contribution is -0.130. The number of rotatable bonds is 6. The van der Waals surface area contributed by atoms with Crippen molar-refractivity contribution in [2.45, 2.75) is 46.3 Å². The van der Waals surface area contributed by atoms with Crippen LogP contribution in [-0.4, -0.2) is 45.2 Å². The first-order valence-electron chi connectivity index (χ1n) is 7.68. The van der Waals surface area contributed by atoms with Gasteiger partial charge in [0.05, 0.1) is 17.8 Å². The van der Waals surface area contributed by atoms with E-state index in [-0.39, 0.29) is 17.9 Å². The van der Waals surface area contributed by atoms with Gasteiger partial charge < -0.3 is 10.0 Å². The Bertz CT molecular complexity index is 764. The summed E-state index contributed by atoms with van der Waals surface area (Å²) >= 11 is 1.52. The Labute approximate surface area is 139 Å². The van der Waals surface area contributed by atoms with Crippen molar-refractivity contribution in [1.82, 2.24) is 14.5 Å². The van der Waals surface area contributed by atoms with Gasteiger partial charge in [0.15, 0.2) is 0 Å². The standard InChI is InChI=1S/C16H23N3O3S/c1-10(20)5-7-18(4)13(21)6-8-19-9-17-15-14(16(19)22)11(2)12(3)23-15/h9-10,20H,5-8H2,1-4H3. The monoisotopic (exact) mass is 337 g/mol. The first-order valence-corrected chi connectivity index (χ1v) is 8.50. The van der Waals surface area contributed by atoms with E-state index in [2.05, 4.69) is 4.98 Å². The van der Waals surface area contributed by atoms with Crippen LogP contribution in [-0.2, 0) is 11.3 Å². The maximum atomic E-state index is 12.5. The van der Waals surface area contributed by atoms with E-state index in [1.54, 1.807) is 18.9 Å². The largest absolute Gasteiger partial charge is 0.393 e. The molecular weight excluding hydrogens is 314 g/mol. The summed E-state index contributed by atoms with van der Waals surface area (Å²) in [6.07, 6.45) is 1.88. The number of aliphatic hydroxyl groups is 1. The van der Waals surface area contributed by atoms with Crippen LogP contribution in [0.3, 0.4) is 0 Å². The Morgan fingerprint density at radius 1 is 1.48 bits per heavy atom. The third kappa shape index (κ3) is 3.97. The fourth-order valence-electron chi connectivity index (χ4n) is 2.34. The summed E-state index contributed by atoms with van der Waals surface area (Å²) in [7, 11) is 1.71. The van der Waals surface area contributed by atoms with Gasteiger partial charge in [-0.15, -0.1) is 11.3 Å². The number of aryl methyl sites for hydroxylation is 3. The van der Waals surface area contributed by atoms with Crippen molar-refractivity contribution in [2.75, 3.05) is 13.6 Å². The molecule has 0 saturated carbocycles. The third-order valence-corrected chi connectivity index (χ3v) is 5.15. The predicted molar refractivity (Wildman–Crippen MR) is 91.9 cm³/mol. The van der Waals surface area contributed by atoms with Gasteiger partial charge in [0, 0.05) is 31.4 Å². The first kappa shape index (κ1) is 17.6. The third-order valence-electron chi connectivity index (χ3n) is 4.03. The molecule has 6 nitrogen and oxygen atoms in total. The van der Waals surface area contributed by atoms with Gasteiger partial charge >= 0.3 is 0 Å². The quantitative estimate of drug-likeness (QED) is 0.870. The van der Waals surface area contributed by atoms with E-state index in [4.69, 9.17) is 0 Å². The van der Waals surface area contributed by atoms with Crippen molar-refractivity contribution in [1.29, 1.82) is 0 Å². The number of hydrogen-bond acceptors (Lipinski definition) is 5. The Morgan fingerprint density at radius 3 is 2.83 bits per heavy atom. The number of nitrogens with zero attached hydrogens (tertiary/aromatic N) is 3. The van der Waals surface area contributed by atoms with Crippen LogP contribution in [0.2, 0.25) is 0 Å². The van der Waals surface area contributed by atoms with Crippen LogP contribution in [0, 0.1) is 13.8 Å². The molecule has 0 saturated heterocycles. The van der Waals surface area contributed by atoms with Gasteiger partial charge in [-0.05, 0) is 32.8 Å². The average molecular weight is 337 g/mol. The Morgan fingerprint density at radius 2 is 2.17 bits per heavy atom. The zero-order valence-electron chi connectivity index (χ0n) is 14.0. The molecule has 0 aliphatic carbocycles. The van der Waals surface area contributed by atoms with Gasteiger partial charge in [-0.25, -0.2) is 4.98 Å². The maximum absolute atomic E-state index is 12.5. The predicted octanol–water partition coefficient (Wildman–Crippen LogP) is 1.69. The first-order chi connectivity index (χ1) is 10.8. The molecule has 1 unspecified atom stereocenters. The molecule has 1 amide bonds. The number of hydrogen-bond donors (Lipinski definition) is 1. The molecule has 0 fully saturated rings. The average Bonchev–Trinajstić information content (AvgIpc) is 2.79. The Balaban J connectivity index is 2.08. The maximum Gasteiger partial charge on any atom is 0.262 e. The van der Waals surface area contributed by atoms with Crippen LogP contribution in [0.4, 0.5) is 0 Å². The number of carbonyl (C=O) groups excluding carboxylic acids is 1. The highest BCUT2D eigenvalue weighted by atomic mass is 32.1. The lowest BCUT2D eigenvalue weighted by atomic mass is 10.2. The number of fused-ring (bicyclic) bond motifs is 1. The summed E-state index contributed by atoms with van der Waals surface area (Å²) in [6.45, 7) is 6.42. The molecule has 0 aromatic carbocycles. The fourth-order valence-corrected chi connectivity index (χ4v) is 3.33. The molecule has 0 aliphatic heterocycles. The number of thiophene rings is 1. The minimum Gasteiger partial charge on any atom is -0.393 e. The van der Waals surface area contributed by atoms with E-state index in [9.17, 15) is 14.7 Å². The number of carbonyl (C=O) groups is 1. The molecule has 0 aliphatic rings. The smallest absolute Gasteiger partial charge is 0.262 e. The second-order valence-electron chi connectivity index (χ2n) is 5.91. The van der Waals surface area contributed by atoms with Crippen LogP contribution in [0.25, 0.3) is 10.2 Å². The van der Waals surface area contributed by atoms with Crippen molar-refractivity contribution in [3.05, 3.63) is 27.1 Å². The minimum absolute atomic E-state index is 0.0455. The van der Waals surface area contributed by atoms with E-state index in [0.717, 1.165) is 15.3 Å². The van der Waals surface area contributed by atoms with Gasteiger partial charge in [-0.3, -0.25) is 14.2 Å². The van der Waals surface area contributed by atoms with Crippen molar-refractivity contribution in [3.8, 4) is 0 Å². The van der Waals surface area contributed by atoms with Crippen LogP contribution >= 0.6 is 11.3 Å². The van der Waals surface area contributed by atoms with Crippen LogP contribution in [0.5, 0.6) is 0 Å². The highest BCUT2D eigenvalue weighted by molar-refractivity contribution is 7.18. The molecule has 0 radical (unpaired) electrons. The topological polar surface area (TPSA) is 75.4 Å². The second-order valence-corrected chi connectivity index (χ2v) is 7.11. The molecule has 2 aromatic heterocycles. The van der Waals surface area contributed by atoms with Crippen LogP contribution in [0.1, 0.15) is 30.2 Å². The molecule has 7 heteroatoms. The lowest BCUT2D eigenvalue weighted by Gasteiger charge is -2.18. The molecule has 2 heterocycles. The number of aliphatic hydroxyl groups excluding tert-OH is 1. The van der Waals surface area contributed by atoms with E-state index in [0.29, 0.717) is 24.9 Å². The van der Waals surface area contributed by atoms with Crippen molar-refractivity contribution < 1.29 is 9.90 Å². The Hall–Kier alpha value is -1.73. The molecule has 126 valence electrons. The van der Waals surface area contributed by atoms with Crippen LogP contribution < -0.4 is 5.56 Å². The second kappa shape index (κ2) is 7.23. The minimum atomic E-state index is -0.427. The summed E-state index contributed by atoms with van der Waals surface area (Å²) in [5.74, 6) is -0.0455. The number of amides is 1. The normalized spacial score (nSPS) is 12.6. The molecule has 1 N–H and O–H groups in total. The number of aromatic nitrogens is 2. The molecule has 2 aromatic rings. The molecule has 2 rings (SSSR count). The van der Waals surface area contributed by atoms with Crippen LogP contribution in [0.15, 0.2) is 11.1 Å². The zero-order chi connectivity index (χ0) is 17.1. The summed E-state index contributed by atoms with van der Waals surface area (Å²) in [5, 5.41) is 9.92. The van der Waals surface area contributed by atoms with Crippen molar-refractivity contribution in [3.63, 3.8) is 0 Å². The van der Waals surface area contributed by atoms with E-state index in [1.807, 2.05) is 13.8 Å². The summed E-state index contributed by atoms with van der Waals surface area (Å²) < 4.78 is 1.50. The zero-order valence-corrected chi connectivity index (χ0v) is 14.8. The molecule has 0 spiro atoms. The lowest BCUT2D eigenvalue weighted by Crippen LogP contribution is -2.31. The molecule has 23 heavy (non-hydrogen) atoms. The van der Waals surface area contributed by atoms with E-state index in [1.165, 1.54) is 22.2 Å². The highest BCUT2D eigenvalue weighted by Gasteiger charge is 2.14. The van der Waals surface area contributed by atoms with Gasteiger partial charge in [-0.2, -0.15) is 0 Å².